The zero-order valence-electron chi connectivity index (χ0n) is 11.2. The molecule has 1 rings (SSSR count). The van der Waals surface area contributed by atoms with Crippen LogP contribution in [0.5, 0.6) is 0 Å². The summed E-state index contributed by atoms with van der Waals surface area (Å²) in [6.45, 7) is 3.64. The van der Waals surface area contributed by atoms with Crippen LogP contribution in [0, 0.1) is 22.6 Å². The fraction of sp³-hybridized carbons (Fsp3) is 0.500. The van der Waals surface area contributed by atoms with E-state index in [1.54, 1.807) is 0 Å². The van der Waals surface area contributed by atoms with Gasteiger partial charge in [-0.15, -0.1) is 0 Å². The predicted molar refractivity (Wildman–Crippen MR) is 71.7 cm³/mol. The Hall–Kier alpha value is -1.41. The number of nitrogens with zero attached hydrogens (tertiary/aromatic N) is 1. The molecule has 0 atom stereocenters. The first kappa shape index (κ1) is 15.6. The first-order chi connectivity index (χ1) is 8.78. The smallest absolute Gasteiger partial charge is 0.181 e. The van der Waals surface area contributed by atoms with Crippen molar-refractivity contribution < 1.29 is 12.8 Å². The summed E-state index contributed by atoms with van der Waals surface area (Å²) in [5.41, 5.74) is -0.443. The standard InChI is InChI=1S/C14H18FNO2S/c1-14(2,11-16)9-5-6-10-19(17,18)13-8-4-3-7-12(13)15/h3-4,7-8H,5-6,9-10H2,1-2H3. The van der Waals surface area contributed by atoms with Gasteiger partial charge in [-0.1, -0.05) is 18.6 Å². The fourth-order valence-electron chi connectivity index (χ4n) is 1.72. The summed E-state index contributed by atoms with van der Waals surface area (Å²) < 4.78 is 37.3. The van der Waals surface area contributed by atoms with Crippen LogP contribution in [0.2, 0.25) is 0 Å². The topological polar surface area (TPSA) is 57.9 Å². The molecule has 0 bridgehead atoms. The first-order valence-corrected chi connectivity index (χ1v) is 7.82. The van der Waals surface area contributed by atoms with E-state index in [1.165, 1.54) is 18.2 Å². The molecular weight excluding hydrogens is 265 g/mol. The molecule has 0 N–H and O–H groups in total. The third-order valence-electron chi connectivity index (χ3n) is 2.94. The van der Waals surface area contributed by atoms with Crippen LogP contribution < -0.4 is 0 Å². The van der Waals surface area contributed by atoms with Crippen LogP contribution in [0.4, 0.5) is 4.39 Å². The Morgan fingerprint density at radius 3 is 2.47 bits per heavy atom. The summed E-state index contributed by atoms with van der Waals surface area (Å²) in [5, 5.41) is 8.85. The van der Waals surface area contributed by atoms with Gasteiger partial charge in [0.2, 0.25) is 0 Å². The molecule has 3 nitrogen and oxygen atoms in total. The number of sulfone groups is 1. The summed E-state index contributed by atoms with van der Waals surface area (Å²) in [4.78, 5) is -0.241. The van der Waals surface area contributed by atoms with Crippen LogP contribution in [0.15, 0.2) is 29.2 Å². The minimum absolute atomic E-state index is 0.0879. The zero-order valence-corrected chi connectivity index (χ0v) is 12.0. The van der Waals surface area contributed by atoms with Crippen LogP contribution in [0.25, 0.3) is 0 Å². The number of hydrogen-bond acceptors (Lipinski definition) is 3. The molecule has 0 amide bonds. The van der Waals surface area contributed by atoms with Crippen molar-refractivity contribution in [1.29, 1.82) is 5.26 Å². The Labute approximate surface area is 114 Å². The molecule has 0 spiro atoms. The van der Waals surface area contributed by atoms with Crippen molar-refractivity contribution in [2.75, 3.05) is 5.75 Å². The van der Waals surface area contributed by atoms with E-state index in [0.717, 1.165) is 6.07 Å². The summed E-state index contributed by atoms with van der Waals surface area (Å²) in [6, 6.07) is 7.57. The van der Waals surface area contributed by atoms with Crippen molar-refractivity contribution in [2.24, 2.45) is 5.41 Å². The molecule has 0 aliphatic rings. The molecule has 0 aliphatic heterocycles. The highest BCUT2D eigenvalue weighted by molar-refractivity contribution is 7.91. The van der Waals surface area contributed by atoms with Crippen LogP contribution >= 0.6 is 0 Å². The summed E-state index contributed by atoms with van der Waals surface area (Å²) in [5.74, 6) is -0.796. The number of benzene rings is 1. The second kappa shape index (κ2) is 6.16. The maximum atomic E-state index is 13.4. The van der Waals surface area contributed by atoms with Gasteiger partial charge in [0.25, 0.3) is 0 Å². The average Bonchev–Trinajstić information content (AvgIpc) is 2.35. The molecule has 0 unspecified atom stereocenters. The second-order valence-corrected chi connectivity index (χ2v) is 7.28. The summed E-state index contributed by atoms with van der Waals surface area (Å²) in [7, 11) is -3.57. The number of nitriles is 1. The van der Waals surface area contributed by atoms with Crippen LogP contribution in [0.3, 0.4) is 0 Å². The molecule has 0 saturated heterocycles. The van der Waals surface area contributed by atoms with Gasteiger partial charge in [-0.3, -0.25) is 0 Å². The van der Waals surface area contributed by atoms with E-state index in [1.807, 2.05) is 13.8 Å². The lowest BCUT2D eigenvalue weighted by Crippen LogP contribution is -2.11. The lowest BCUT2D eigenvalue weighted by Gasteiger charge is -2.14. The van der Waals surface area contributed by atoms with Gasteiger partial charge in [-0.05, 0) is 38.8 Å². The SMILES string of the molecule is CC(C)(C#N)CCCCS(=O)(=O)c1ccccc1F. The van der Waals surface area contributed by atoms with Gasteiger partial charge in [-0.2, -0.15) is 5.26 Å². The average molecular weight is 283 g/mol. The van der Waals surface area contributed by atoms with E-state index in [4.69, 9.17) is 5.26 Å². The molecule has 1 aromatic rings. The molecule has 1 aromatic carbocycles. The molecule has 0 aliphatic carbocycles. The Morgan fingerprint density at radius 1 is 1.26 bits per heavy atom. The highest BCUT2D eigenvalue weighted by Gasteiger charge is 2.20. The van der Waals surface area contributed by atoms with Crippen LogP contribution in [-0.2, 0) is 9.84 Å². The molecule has 0 aromatic heterocycles. The number of unbranched alkanes of at least 4 members (excludes halogenated alkanes) is 1. The highest BCUT2D eigenvalue weighted by atomic mass is 32.2. The van der Waals surface area contributed by atoms with Gasteiger partial charge in [0.15, 0.2) is 9.84 Å². The third-order valence-corrected chi connectivity index (χ3v) is 4.77. The second-order valence-electron chi connectivity index (χ2n) is 5.20. The molecule has 0 heterocycles. The predicted octanol–water partition coefficient (Wildman–Crippen LogP) is 3.32. The molecule has 0 saturated carbocycles. The first-order valence-electron chi connectivity index (χ1n) is 6.17. The van der Waals surface area contributed by atoms with Gasteiger partial charge in [0.05, 0.1) is 17.2 Å². The van der Waals surface area contributed by atoms with E-state index in [9.17, 15) is 12.8 Å². The van der Waals surface area contributed by atoms with Crippen molar-refractivity contribution in [3.05, 3.63) is 30.1 Å². The van der Waals surface area contributed by atoms with E-state index >= 15 is 0 Å². The lowest BCUT2D eigenvalue weighted by molar-refractivity contribution is 0.431. The van der Waals surface area contributed by atoms with Crippen molar-refractivity contribution in [3.63, 3.8) is 0 Å². The van der Waals surface area contributed by atoms with Gasteiger partial charge in [0, 0.05) is 0 Å². The number of hydrogen-bond donors (Lipinski definition) is 0. The zero-order chi connectivity index (χ0) is 14.5. The van der Waals surface area contributed by atoms with Crippen LogP contribution in [0.1, 0.15) is 33.1 Å². The molecule has 19 heavy (non-hydrogen) atoms. The van der Waals surface area contributed by atoms with Crippen molar-refractivity contribution in [3.8, 4) is 6.07 Å². The molecular formula is C14H18FNO2S. The number of rotatable bonds is 6. The van der Waals surface area contributed by atoms with Crippen molar-refractivity contribution in [2.45, 2.75) is 38.0 Å². The minimum atomic E-state index is -3.57. The lowest BCUT2D eigenvalue weighted by atomic mass is 9.89. The Balaban J connectivity index is 2.59. The molecule has 104 valence electrons. The fourth-order valence-corrected chi connectivity index (χ4v) is 3.18. The van der Waals surface area contributed by atoms with Crippen molar-refractivity contribution >= 4 is 9.84 Å². The van der Waals surface area contributed by atoms with E-state index in [2.05, 4.69) is 6.07 Å². The monoisotopic (exact) mass is 283 g/mol. The highest BCUT2D eigenvalue weighted by Crippen LogP contribution is 2.23. The molecule has 0 fully saturated rings. The summed E-state index contributed by atoms with van der Waals surface area (Å²) in [6.07, 6.45) is 1.70. The molecule has 0 radical (unpaired) electrons. The third kappa shape index (κ3) is 4.64. The Kier molecular flexibility index (Phi) is 5.07. The molecule has 5 heteroatoms. The Morgan fingerprint density at radius 2 is 1.89 bits per heavy atom. The normalized spacial score (nSPS) is 12.1. The van der Waals surface area contributed by atoms with Gasteiger partial charge >= 0.3 is 0 Å². The number of halogens is 1. The largest absolute Gasteiger partial charge is 0.224 e. The van der Waals surface area contributed by atoms with E-state index in [-0.39, 0.29) is 10.6 Å². The maximum Gasteiger partial charge on any atom is 0.181 e. The summed E-state index contributed by atoms with van der Waals surface area (Å²) >= 11 is 0. The quantitative estimate of drug-likeness (QED) is 0.752. The van der Waals surface area contributed by atoms with Gasteiger partial charge < -0.3 is 0 Å². The van der Waals surface area contributed by atoms with E-state index < -0.39 is 21.1 Å². The van der Waals surface area contributed by atoms with E-state index in [0.29, 0.717) is 19.3 Å². The maximum absolute atomic E-state index is 13.4. The van der Waals surface area contributed by atoms with Crippen molar-refractivity contribution in [1.82, 2.24) is 0 Å². The van der Waals surface area contributed by atoms with Gasteiger partial charge in [0.1, 0.15) is 10.7 Å². The van der Waals surface area contributed by atoms with Gasteiger partial charge in [-0.25, -0.2) is 12.8 Å². The van der Waals surface area contributed by atoms with Crippen LogP contribution in [-0.4, -0.2) is 14.2 Å². The Bertz CT molecular complexity index is 573. The minimum Gasteiger partial charge on any atom is -0.224 e.